The minimum absolute atomic E-state index is 0.162. The number of hydrogen-bond acceptors (Lipinski definition) is 4. The van der Waals surface area contributed by atoms with Gasteiger partial charge in [0.05, 0.1) is 13.2 Å². The summed E-state index contributed by atoms with van der Waals surface area (Å²) in [6, 6.07) is 19.3. The topological polar surface area (TPSA) is 46.2 Å². The maximum atomic E-state index is 5.50. The molecule has 1 atom stereocenters. The highest BCUT2D eigenvalue weighted by Gasteiger charge is 2.15. The number of anilines is 1. The van der Waals surface area contributed by atoms with Crippen LogP contribution < -0.4 is 15.4 Å². The molecule has 3 aromatic rings. The van der Waals surface area contributed by atoms with Gasteiger partial charge in [0.15, 0.2) is 0 Å². The number of aromatic nitrogens is 1. The number of aryl methyl sites for hydroxylation is 1. The Bertz CT molecular complexity index is 862. The van der Waals surface area contributed by atoms with Crippen LogP contribution >= 0.6 is 0 Å². The minimum atomic E-state index is 0.162. The molecule has 0 fully saturated rings. The number of hydrogen-bond donors (Lipinski definition) is 2. The van der Waals surface area contributed by atoms with Crippen LogP contribution in [0, 0.1) is 6.92 Å². The minimum Gasteiger partial charge on any atom is -0.494 e. The van der Waals surface area contributed by atoms with E-state index in [9.17, 15) is 0 Å². The lowest BCUT2D eigenvalue weighted by Crippen LogP contribution is -2.31. The van der Waals surface area contributed by atoms with Gasteiger partial charge in [-0.05, 0) is 24.6 Å². The van der Waals surface area contributed by atoms with Crippen molar-refractivity contribution in [3.05, 3.63) is 65.9 Å². The Balaban J connectivity index is 2.00. The molecule has 1 heterocycles. The Hall–Kier alpha value is -2.59. The highest BCUT2D eigenvalue weighted by Crippen LogP contribution is 2.32. The zero-order chi connectivity index (χ0) is 18.5. The molecule has 26 heavy (non-hydrogen) atoms. The van der Waals surface area contributed by atoms with Crippen LogP contribution in [0.3, 0.4) is 0 Å². The number of nitrogens with zero attached hydrogens (tertiary/aromatic N) is 1. The predicted octanol–water partition coefficient (Wildman–Crippen LogP) is 4.70. The van der Waals surface area contributed by atoms with E-state index in [-0.39, 0.29) is 6.04 Å². The fraction of sp³-hybridized carbons (Fsp3) is 0.318. The molecule has 0 aliphatic heterocycles. The van der Waals surface area contributed by atoms with Gasteiger partial charge in [-0.1, -0.05) is 56.3 Å². The van der Waals surface area contributed by atoms with E-state index < -0.39 is 0 Å². The molecule has 0 radical (unpaired) electrons. The molecule has 0 aliphatic carbocycles. The van der Waals surface area contributed by atoms with Crippen molar-refractivity contribution < 1.29 is 4.74 Å². The fourth-order valence-corrected chi connectivity index (χ4v) is 3.11. The summed E-state index contributed by atoms with van der Waals surface area (Å²) in [7, 11) is 1.69. The van der Waals surface area contributed by atoms with Crippen molar-refractivity contribution in [1.82, 2.24) is 10.3 Å². The number of rotatable bonds is 7. The van der Waals surface area contributed by atoms with Gasteiger partial charge in [-0.3, -0.25) is 0 Å². The summed E-state index contributed by atoms with van der Waals surface area (Å²) < 4.78 is 5.50. The van der Waals surface area contributed by atoms with Crippen molar-refractivity contribution in [2.45, 2.75) is 32.9 Å². The van der Waals surface area contributed by atoms with Gasteiger partial charge in [0.1, 0.15) is 11.3 Å². The molecule has 0 bridgehead atoms. The molecular weight excluding hydrogens is 322 g/mol. The van der Waals surface area contributed by atoms with Crippen LogP contribution in [0.1, 0.15) is 31.1 Å². The van der Waals surface area contributed by atoms with Crippen molar-refractivity contribution in [2.24, 2.45) is 0 Å². The number of pyridine rings is 1. The smallest absolute Gasteiger partial charge is 0.145 e. The number of methoxy groups -OCH3 is 1. The monoisotopic (exact) mass is 349 g/mol. The first kappa shape index (κ1) is 18.2. The molecule has 0 spiro atoms. The Morgan fingerprint density at radius 2 is 1.81 bits per heavy atom. The van der Waals surface area contributed by atoms with Gasteiger partial charge in [-0.2, -0.15) is 0 Å². The third-order valence-corrected chi connectivity index (χ3v) is 4.41. The first-order chi connectivity index (χ1) is 12.6. The van der Waals surface area contributed by atoms with Gasteiger partial charge in [-0.25, -0.2) is 4.98 Å². The van der Waals surface area contributed by atoms with Crippen LogP contribution in [0.15, 0.2) is 54.6 Å². The molecule has 2 N–H and O–H groups in total. The summed E-state index contributed by atoms with van der Waals surface area (Å²) in [6.45, 7) is 7.19. The van der Waals surface area contributed by atoms with Crippen LogP contribution in [-0.4, -0.2) is 24.7 Å². The highest BCUT2D eigenvalue weighted by atomic mass is 16.5. The maximum absolute atomic E-state index is 5.50. The molecule has 1 unspecified atom stereocenters. The van der Waals surface area contributed by atoms with E-state index >= 15 is 0 Å². The van der Waals surface area contributed by atoms with Gasteiger partial charge in [-0.15, -0.1) is 0 Å². The molecule has 0 saturated heterocycles. The van der Waals surface area contributed by atoms with Gasteiger partial charge >= 0.3 is 0 Å². The van der Waals surface area contributed by atoms with E-state index in [0.29, 0.717) is 6.04 Å². The fourth-order valence-electron chi connectivity index (χ4n) is 3.11. The summed E-state index contributed by atoms with van der Waals surface area (Å²) >= 11 is 0. The Kier molecular flexibility index (Phi) is 5.74. The van der Waals surface area contributed by atoms with Gasteiger partial charge in [0.25, 0.3) is 0 Å². The lowest BCUT2D eigenvalue weighted by Gasteiger charge is -2.23. The second-order valence-corrected chi connectivity index (χ2v) is 6.84. The van der Waals surface area contributed by atoms with E-state index in [0.717, 1.165) is 34.6 Å². The molecule has 0 amide bonds. The molecule has 1 aromatic heterocycles. The van der Waals surface area contributed by atoms with E-state index in [1.165, 1.54) is 5.56 Å². The molecular formula is C22H27N3O. The predicted molar refractivity (Wildman–Crippen MR) is 109 cm³/mol. The van der Waals surface area contributed by atoms with E-state index in [1.54, 1.807) is 7.11 Å². The summed E-state index contributed by atoms with van der Waals surface area (Å²) in [5.41, 5.74) is 4.19. The van der Waals surface area contributed by atoms with E-state index in [2.05, 4.69) is 65.9 Å². The van der Waals surface area contributed by atoms with Crippen LogP contribution in [0.4, 0.5) is 5.69 Å². The van der Waals surface area contributed by atoms with Gasteiger partial charge in [0.2, 0.25) is 0 Å². The largest absolute Gasteiger partial charge is 0.494 e. The molecule has 0 saturated carbocycles. The number of para-hydroxylation sites is 1. The van der Waals surface area contributed by atoms with Crippen molar-refractivity contribution in [2.75, 3.05) is 19.0 Å². The zero-order valence-corrected chi connectivity index (χ0v) is 15.9. The van der Waals surface area contributed by atoms with Crippen molar-refractivity contribution in [3.63, 3.8) is 0 Å². The molecule has 4 nitrogen and oxygen atoms in total. The Labute approximate surface area is 155 Å². The number of ether oxygens (including phenoxy) is 1. The lowest BCUT2D eigenvalue weighted by atomic mass is 10.0. The second kappa shape index (κ2) is 8.19. The summed E-state index contributed by atoms with van der Waals surface area (Å²) in [5, 5.41) is 8.34. The average molecular weight is 349 g/mol. The number of fused-ring (bicyclic) bond motifs is 1. The Morgan fingerprint density at radius 3 is 2.50 bits per heavy atom. The van der Waals surface area contributed by atoms with Crippen molar-refractivity contribution >= 4 is 16.6 Å². The zero-order valence-electron chi connectivity index (χ0n) is 15.9. The van der Waals surface area contributed by atoms with Crippen molar-refractivity contribution in [1.29, 1.82) is 0 Å². The summed E-state index contributed by atoms with van der Waals surface area (Å²) in [6.07, 6.45) is 0. The quantitative estimate of drug-likeness (QED) is 0.649. The van der Waals surface area contributed by atoms with Crippen molar-refractivity contribution in [3.8, 4) is 5.75 Å². The Morgan fingerprint density at radius 1 is 1.04 bits per heavy atom. The summed E-state index contributed by atoms with van der Waals surface area (Å²) in [5.74, 6) is 0.797. The lowest BCUT2D eigenvalue weighted by molar-refractivity contribution is 0.419. The summed E-state index contributed by atoms with van der Waals surface area (Å²) in [4.78, 5) is 4.68. The van der Waals surface area contributed by atoms with Gasteiger partial charge < -0.3 is 15.4 Å². The average Bonchev–Trinajstić information content (AvgIpc) is 2.65. The van der Waals surface area contributed by atoms with Crippen LogP contribution in [0.2, 0.25) is 0 Å². The third-order valence-electron chi connectivity index (χ3n) is 4.41. The van der Waals surface area contributed by atoms with Gasteiger partial charge in [0, 0.05) is 29.4 Å². The molecule has 2 aromatic carbocycles. The number of nitrogens with one attached hydrogen (secondary N) is 2. The SMILES string of the molecule is COc1cccc2c(NC(CNC(C)C)c3ccccc3)cc(C)nc12. The molecule has 3 rings (SSSR count). The van der Waals surface area contributed by atoms with Crippen LogP contribution in [-0.2, 0) is 0 Å². The molecule has 136 valence electrons. The van der Waals surface area contributed by atoms with E-state index in [1.807, 2.05) is 25.1 Å². The van der Waals surface area contributed by atoms with Crippen LogP contribution in [0.5, 0.6) is 5.75 Å². The second-order valence-electron chi connectivity index (χ2n) is 6.84. The first-order valence-corrected chi connectivity index (χ1v) is 9.07. The third kappa shape index (κ3) is 4.14. The van der Waals surface area contributed by atoms with E-state index in [4.69, 9.17) is 4.74 Å². The maximum Gasteiger partial charge on any atom is 0.145 e. The molecule has 0 aliphatic rings. The normalized spacial score (nSPS) is 12.3. The molecule has 4 heteroatoms. The standard InChI is InChI=1S/C22H27N3O/c1-15(2)23-14-20(17-9-6-5-7-10-17)25-19-13-16(3)24-22-18(19)11-8-12-21(22)26-4/h5-13,15,20,23H,14H2,1-4H3,(H,24,25). The highest BCUT2D eigenvalue weighted by molar-refractivity contribution is 5.95. The van der Waals surface area contributed by atoms with Crippen LogP contribution in [0.25, 0.3) is 10.9 Å². The number of benzene rings is 2. The first-order valence-electron chi connectivity index (χ1n) is 9.07.